The molecular formula is C14H10ClN3O5S. The van der Waals surface area contributed by atoms with Crippen molar-refractivity contribution >= 4 is 46.1 Å². The molecule has 1 aliphatic rings. The van der Waals surface area contributed by atoms with E-state index in [1.807, 2.05) is 0 Å². The van der Waals surface area contributed by atoms with Gasteiger partial charge >= 0.3 is 0 Å². The van der Waals surface area contributed by atoms with Crippen LogP contribution in [0, 0.1) is 20.2 Å². The van der Waals surface area contributed by atoms with Crippen LogP contribution in [0.2, 0.25) is 5.02 Å². The fraction of sp³-hybridized carbons (Fsp3) is 0.143. The molecule has 0 radical (unpaired) electrons. The normalized spacial score (nSPS) is 11.9. The first-order valence-corrected chi connectivity index (χ1v) is 7.98. The predicted octanol–water partition coefficient (Wildman–Crippen LogP) is 4.76. The zero-order chi connectivity index (χ0) is 17.4. The molecule has 0 unspecified atom stereocenters. The van der Waals surface area contributed by atoms with Crippen molar-refractivity contribution in [1.29, 1.82) is 0 Å². The van der Waals surface area contributed by atoms with E-state index < -0.39 is 9.85 Å². The molecule has 124 valence electrons. The third-order valence-corrected chi connectivity index (χ3v) is 4.58. The number of hydrogen-bond acceptors (Lipinski definition) is 7. The van der Waals surface area contributed by atoms with Gasteiger partial charge in [-0.05, 0) is 19.1 Å². The predicted molar refractivity (Wildman–Crippen MR) is 89.8 cm³/mol. The molecule has 0 amide bonds. The lowest BCUT2D eigenvalue weighted by Crippen LogP contribution is -2.07. The summed E-state index contributed by atoms with van der Waals surface area (Å²) in [5.74, 6) is 0.359. The van der Waals surface area contributed by atoms with Crippen LogP contribution in [0.5, 0.6) is 5.75 Å². The molecule has 3 rings (SSSR count). The fourth-order valence-electron chi connectivity index (χ4n) is 2.34. The van der Waals surface area contributed by atoms with Gasteiger partial charge in [-0.3, -0.25) is 20.2 Å². The van der Waals surface area contributed by atoms with E-state index in [-0.39, 0.29) is 27.8 Å². The average Bonchev–Trinajstić information content (AvgIpc) is 2.51. The van der Waals surface area contributed by atoms with Gasteiger partial charge in [-0.1, -0.05) is 23.4 Å². The monoisotopic (exact) mass is 367 g/mol. The number of nitro benzene ring substituents is 2. The molecule has 0 spiro atoms. The Balaban J connectivity index is 2.18. The van der Waals surface area contributed by atoms with E-state index in [1.165, 1.54) is 12.1 Å². The van der Waals surface area contributed by atoms with Gasteiger partial charge in [0.1, 0.15) is 17.1 Å². The maximum atomic E-state index is 11.4. The third kappa shape index (κ3) is 2.83. The molecule has 0 saturated carbocycles. The molecule has 2 aromatic rings. The van der Waals surface area contributed by atoms with Crippen LogP contribution in [0.15, 0.2) is 34.1 Å². The Morgan fingerprint density at radius 3 is 2.25 bits per heavy atom. The van der Waals surface area contributed by atoms with E-state index in [1.54, 1.807) is 19.1 Å². The van der Waals surface area contributed by atoms with Crippen molar-refractivity contribution in [2.24, 2.45) is 0 Å². The standard InChI is InChI=1S/C14H10ClN3O5S/c1-2-23-8-5-10(18(21)22)14-12(6-8)24-11-4-7(15)3-9(17(19)20)13(11)16-14/h3-6,16H,2H2,1H3. The topological polar surface area (TPSA) is 108 Å². The number of benzene rings is 2. The zero-order valence-electron chi connectivity index (χ0n) is 12.2. The lowest BCUT2D eigenvalue weighted by atomic mass is 10.2. The summed E-state index contributed by atoms with van der Waals surface area (Å²) in [7, 11) is 0. The molecule has 0 saturated heterocycles. The number of nitro groups is 2. The van der Waals surface area contributed by atoms with Gasteiger partial charge in [-0.25, -0.2) is 0 Å². The van der Waals surface area contributed by atoms with Crippen molar-refractivity contribution in [2.45, 2.75) is 16.7 Å². The average molecular weight is 368 g/mol. The highest BCUT2D eigenvalue weighted by atomic mass is 35.5. The number of halogens is 1. The van der Waals surface area contributed by atoms with Crippen molar-refractivity contribution in [3.63, 3.8) is 0 Å². The lowest BCUT2D eigenvalue weighted by molar-refractivity contribution is -0.384. The Morgan fingerprint density at radius 1 is 1.08 bits per heavy atom. The van der Waals surface area contributed by atoms with Crippen molar-refractivity contribution in [3.05, 3.63) is 49.5 Å². The molecule has 0 aliphatic carbocycles. The number of hydrogen-bond donors (Lipinski definition) is 1. The third-order valence-electron chi connectivity index (χ3n) is 3.28. The molecule has 0 atom stereocenters. The summed E-state index contributed by atoms with van der Waals surface area (Å²) < 4.78 is 5.36. The quantitative estimate of drug-likeness (QED) is 0.523. The second-order valence-electron chi connectivity index (χ2n) is 4.79. The molecule has 0 bridgehead atoms. The Hall–Kier alpha value is -2.52. The van der Waals surface area contributed by atoms with E-state index in [9.17, 15) is 20.2 Å². The number of nitrogens with zero attached hydrogens (tertiary/aromatic N) is 2. The summed E-state index contributed by atoms with van der Waals surface area (Å²) in [5, 5.41) is 25.6. The van der Waals surface area contributed by atoms with Gasteiger partial charge in [0.2, 0.25) is 0 Å². The molecule has 24 heavy (non-hydrogen) atoms. The molecule has 0 aromatic heterocycles. The van der Waals surface area contributed by atoms with Crippen molar-refractivity contribution in [2.75, 3.05) is 11.9 Å². The van der Waals surface area contributed by atoms with Crippen molar-refractivity contribution in [3.8, 4) is 5.75 Å². The minimum absolute atomic E-state index is 0.189. The summed E-state index contributed by atoms with van der Waals surface area (Å²) in [4.78, 5) is 22.5. The van der Waals surface area contributed by atoms with Crippen LogP contribution in [-0.2, 0) is 0 Å². The molecule has 2 aromatic carbocycles. The number of ether oxygens (including phenoxy) is 1. The molecule has 1 heterocycles. The van der Waals surface area contributed by atoms with Gasteiger partial charge in [0.25, 0.3) is 11.4 Å². The summed E-state index contributed by atoms with van der Waals surface area (Å²) in [6.45, 7) is 2.14. The Labute approximate surface area is 145 Å². The highest BCUT2D eigenvalue weighted by Gasteiger charge is 2.30. The number of anilines is 2. The first-order chi connectivity index (χ1) is 11.4. The highest BCUT2D eigenvalue weighted by Crippen LogP contribution is 2.52. The Kier molecular flexibility index (Phi) is 4.20. The molecular weight excluding hydrogens is 358 g/mol. The Bertz CT molecular complexity index is 874. The smallest absolute Gasteiger partial charge is 0.297 e. The van der Waals surface area contributed by atoms with Gasteiger partial charge < -0.3 is 10.1 Å². The van der Waals surface area contributed by atoms with Crippen LogP contribution in [0.25, 0.3) is 0 Å². The van der Waals surface area contributed by atoms with Crippen molar-refractivity contribution < 1.29 is 14.6 Å². The van der Waals surface area contributed by atoms with Crippen molar-refractivity contribution in [1.82, 2.24) is 0 Å². The van der Waals surface area contributed by atoms with Crippen LogP contribution in [0.1, 0.15) is 6.92 Å². The fourth-order valence-corrected chi connectivity index (χ4v) is 3.73. The largest absolute Gasteiger partial charge is 0.494 e. The van der Waals surface area contributed by atoms with E-state index in [0.29, 0.717) is 22.1 Å². The lowest BCUT2D eigenvalue weighted by Gasteiger charge is -2.21. The van der Waals surface area contributed by atoms with Gasteiger partial charge in [0.05, 0.1) is 22.5 Å². The summed E-state index contributed by atoms with van der Waals surface area (Å²) in [6.07, 6.45) is 0. The first-order valence-electron chi connectivity index (χ1n) is 6.78. The maximum absolute atomic E-state index is 11.4. The van der Waals surface area contributed by atoms with Gasteiger partial charge in [0.15, 0.2) is 0 Å². The SMILES string of the molecule is CCOc1cc2c(c([N+](=O)[O-])c1)Nc1c(cc(Cl)cc1[N+](=O)[O-])S2. The van der Waals surface area contributed by atoms with E-state index in [2.05, 4.69) is 5.32 Å². The second kappa shape index (κ2) is 6.17. The van der Waals surface area contributed by atoms with Gasteiger partial charge in [-0.2, -0.15) is 0 Å². The molecule has 1 N–H and O–H groups in total. The van der Waals surface area contributed by atoms with Crippen LogP contribution >= 0.6 is 23.4 Å². The maximum Gasteiger partial charge on any atom is 0.297 e. The van der Waals surface area contributed by atoms with E-state index >= 15 is 0 Å². The number of fused-ring (bicyclic) bond motifs is 2. The molecule has 1 aliphatic heterocycles. The summed E-state index contributed by atoms with van der Waals surface area (Å²) in [5.41, 5.74) is -0.0577. The molecule has 10 heteroatoms. The zero-order valence-corrected chi connectivity index (χ0v) is 13.8. The van der Waals surface area contributed by atoms with Crippen LogP contribution < -0.4 is 10.1 Å². The van der Waals surface area contributed by atoms with E-state index in [0.717, 1.165) is 11.8 Å². The molecule has 0 fully saturated rings. The highest BCUT2D eigenvalue weighted by molar-refractivity contribution is 7.99. The minimum Gasteiger partial charge on any atom is -0.494 e. The first kappa shape index (κ1) is 16.3. The second-order valence-corrected chi connectivity index (χ2v) is 6.31. The van der Waals surface area contributed by atoms with Gasteiger partial charge in [-0.15, -0.1) is 0 Å². The minimum atomic E-state index is -0.580. The summed E-state index contributed by atoms with van der Waals surface area (Å²) >= 11 is 7.10. The van der Waals surface area contributed by atoms with Gasteiger partial charge in [0, 0.05) is 20.9 Å². The van der Waals surface area contributed by atoms with Crippen LogP contribution in [0.3, 0.4) is 0 Å². The van der Waals surface area contributed by atoms with Crippen LogP contribution in [-0.4, -0.2) is 16.5 Å². The molecule has 8 nitrogen and oxygen atoms in total. The Morgan fingerprint density at radius 2 is 1.67 bits per heavy atom. The number of nitrogens with one attached hydrogen (secondary N) is 1. The van der Waals surface area contributed by atoms with Crippen LogP contribution in [0.4, 0.5) is 22.7 Å². The van der Waals surface area contributed by atoms with E-state index in [4.69, 9.17) is 16.3 Å². The summed E-state index contributed by atoms with van der Waals surface area (Å²) in [6, 6.07) is 5.73. The number of rotatable bonds is 4.